The number of anilines is 2. The molecule has 9 heteroatoms. The summed E-state index contributed by atoms with van der Waals surface area (Å²) in [6.07, 6.45) is 0.570. The van der Waals surface area contributed by atoms with Gasteiger partial charge < -0.3 is 10.4 Å². The first kappa shape index (κ1) is 14.7. The van der Waals surface area contributed by atoms with E-state index in [0.29, 0.717) is 12.3 Å². The van der Waals surface area contributed by atoms with E-state index in [9.17, 15) is 26.7 Å². The van der Waals surface area contributed by atoms with Gasteiger partial charge in [0.2, 0.25) is 0 Å². The molecule has 2 N–H and O–H groups in total. The normalized spacial score (nSPS) is 10.5. The Balaban J connectivity index is 2.56. The summed E-state index contributed by atoms with van der Waals surface area (Å²) in [4.78, 5) is 14.2. The van der Waals surface area contributed by atoms with E-state index in [1.807, 2.05) is 5.32 Å². The van der Waals surface area contributed by atoms with Crippen molar-refractivity contribution in [3.8, 4) is 0 Å². The molecular weight excluding hydrogens is 299 g/mol. The maximum atomic E-state index is 13.4. The molecule has 0 bridgehead atoms. The van der Waals surface area contributed by atoms with Crippen LogP contribution in [-0.2, 0) is 0 Å². The molecule has 1 heterocycles. The molecule has 0 unspecified atom stereocenters. The number of halogens is 5. The lowest BCUT2D eigenvalue weighted by atomic mass is 10.2. The zero-order chi connectivity index (χ0) is 15.7. The lowest BCUT2D eigenvalue weighted by Crippen LogP contribution is -2.09. The van der Waals surface area contributed by atoms with Gasteiger partial charge in [0.15, 0.2) is 23.3 Å². The van der Waals surface area contributed by atoms with E-state index < -0.39 is 52.1 Å². The minimum atomic E-state index is -1.77. The average Bonchev–Trinajstić information content (AvgIpc) is 2.42. The summed E-state index contributed by atoms with van der Waals surface area (Å²) in [5, 5.41) is 10.6. The van der Waals surface area contributed by atoms with Crippen LogP contribution in [0.3, 0.4) is 0 Å². The monoisotopic (exact) mass is 304 g/mol. The van der Waals surface area contributed by atoms with Crippen LogP contribution in [0.4, 0.5) is 33.5 Å². The second kappa shape index (κ2) is 5.35. The van der Waals surface area contributed by atoms with Crippen LogP contribution >= 0.6 is 0 Å². The van der Waals surface area contributed by atoms with Gasteiger partial charge in [0.25, 0.3) is 0 Å². The fourth-order valence-electron chi connectivity index (χ4n) is 1.50. The van der Waals surface area contributed by atoms with Crippen LogP contribution in [0.1, 0.15) is 10.4 Å². The van der Waals surface area contributed by atoms with Crippen molar-refractivity contribution in [2.24, 2.45) is 0 Å². The number of hydrogen-bond donors (Lipinski definition) is 2. The van der Waals surface area contributed by atoms with E-state index in [0.717, 1.165) is 0 Å². The summed E-state index contributed by atoms with van der Waals surface area (Å²) in [5.41, 5.74) is -2.03. The number of nitrogens with zero attached hydrogens (tertiary/aromatic N) is 1. The van der Waals surface area contributed by atoms with Crippen LogP contribution in [0.25, 0.3) is 0 Å². The first-order valence-electron chi connectivity index (χ1n) is 5.30. The number of carbonyl (C=O) groups is 1. The van der Waals surface area contributed by atoms with E-state index in [1.165, 1.54) is 0 Å². The van der Waals surface area contributed by atoms with Crippen molar-refractivity contribution >= 4 is 17.5 Å². The molecule has 0 saturated carbocycles. The molecule has 0 fully saturated rings. The first-order valence-corrected chi connectivity index (χ1v) is 5.30. The predicted molar refractivity (Wildman–Crippen MR) is 60.7 cm³/mol. The zero-order valence-electron chi connectivity index (χ0n) is 9.92. The van der Waals surface area contributed by atoms with Crippen LogP contribution in [0.2, 0.25) is 0 Å². The standard InChI is InChI=1S/C12H5F5N2O2/c13-4-1-5(12(20)21)11(18-3-4)19-10-8(16)6(14)2-7(15)9(10)17/h1-3H,(H,18,19)(H,20,21). The van der Waals surface area contributed by atoms with E-state index in [4.69, 9.17) is 5.11 Å². The number of hydrogen-bond acceptors (Lipinski definition) is 3. The molecule has 21 heavy (non-hydrogen) atoms. The Morgan fingerprint density at radius 2 is 1.62 bits per heavy atom. The highest BCUT2D eigenvalue weighted by Gasteiger charge is 2.22. The molecule has 4 nitrogen and oxygen atoms in total. The van der Waals surface area contributed by atoms with Crippen molar-refractivity contribution in [1.29, 1.82) is 0 Å². The van der Waals surface area contributed by atoms with E-state index in [2.05, 4.69) is 4.98 Å². The maximum absolute atomic E-state index is 13.4. The summed E-state index contributed by atoms with van der Waals surface area (Å²) in [5.74, 6) is -10.2. The van der Waals surface area contributed by atoms with Crippen LogP contribution in [0.5, 0.6) is 0 Å². The molecule has 0 saturated heterocycles. The molecule has 0 radical (unpaired) electrons. The van der Waals surface area contributed by atoms with Crippen molar-refractivity contribution in [2.75, 3.05) is 5.32 Å². The average molecular weight is 304 g/mol. The van der Waals surface area contributed by atoms with Crippen LogP contribution in [0, 0.1) is 29.1 Å². The summed E-state index contributed by atoms with van der Waals surface area (Å²) < 4.78 is 65.9. The Labute approximate surface area is 113 Å². The smallest absolute Gasteiger partial charge is 0.339 e. The highest BCUT2D eigenvalue weighted by Crippen LogP contribution is 2.28. The summed E-state index contributed by atoms with van der Waals surface area (Å²) >= 11 is 0. The minimum absolute atomic E-state index is 0.00789. The quantitative estimate of drug-likeness (QED) is 0.675. The predicted octanol–water partition coefficient (Wildman–Crippen LogP) is 3.22. The van der Waals surface area contributed by atoms with Gasteiger partial charge in [-0.2, -0.15) is 0 Å². The lowest BCUT2D eigenvalue weighted by Gasteiger charge is -2.11. The largest absolute Gasteiger partial charge is 0.478 e. The number of carboxylic acid groups (broad SMARTS) is 1. The van der Waals surface area contributed by atoms with Crippen molar-refractivity contribution in [3.05, 3.63) is 53.0 Å². The molecule has 0 amide bonds. The fraction of sp³-hybridized carbons (Fsp3) is 0. The Morgan fingerprint density at radius 3 is 2.14 bits per heavy atom. The van der Waals surface area contributed by atoms with Crippen LogP contribution < -0.4 is 5.32 Å². The number of nitrogens with one attached hydrogen (secondary N) is 1. The summed E-state index contributed by atoms with van der Waals surface area (Å²) in [6.45, 7) is 0. The third kappa shape index (κ3) is 2.76. The molecule has 0 aliphatic heterocycles. The molecular formula is C12H5F5N2O2. The Hall–Kier alpha value is -2.71. The van der Waals surface area contributed by atoms with Crippen LogP contribution in [0.15, 0.2) is 18.3 Å². The van der Waals surface area contributed by atoms with Crippen molar-refractivity contribution < 1.29 is 31.9 Å². The molecule has 0 aliphatic rings. The van der Waals surface area contributed by atoms with Gasteiger partial charge in [-0.25, -0.2) is 31.7 Å². The Morgan fingerprint density at radius 1 is 1.05 bits per heavy atom. The number of carboxylic acids is 1. The highest BCUT2D eigenvalue weighted by atomic mass is 19.2. The van der Waals surface area contributed by atoms with E-state index in [1.54, 1.807) is 0 Å². The molecule has 2 aromatic rings. The zero-order valence-corrected chi connectivity index (χ0v) is 9.92. The number of benzene rings is 1. The van der Waals surface area contributed by atoms with Gasteiger partial charge in [-0.3, -0.25) is 0 Å². The second-order valence-electron chi connectivity index (χ2n) is 3.82. The first-order chi connectivity index (χ1) is 9.81. The van der Waals surface area contributed by atoms with Gasteiger partial charge in [0, 0.05) is 6.07 Å². The van der Waals surface area contributed by atoms with Gasteiger partial charge in [-0.05, 0) is 6.07 Å². The summed E-state index contributed by atoms with van der Waals surface area (Å²) in [6, 6.07) is 0.523. The van der Waals surface area contributed by atoms with Gasteiger partial charge in [0.05, 0.1) is 6.20 Å². The molecule has 0 atom stereocenters. The molecule has 2 rings (SSSR count). The fourth-order valence-corrected chi connectivity index (χ4v) is 1.50. The molecule has 1 aromatic carbocycles. The van der Waals surface area contributed by atoms with Crippen molar-refractivity contribution in [3.63, 3.8) is 0 Å². The third-order valence-corrected chi connectivity index (χ3v) is 2.44. The molecule has 0 aliphatic carbocycles. The number of aromatic nitrogens is 1. The van der Waals surface area contributed by atoms with E-state index >= 15 is 0 Å². The van der Waals surface area contributed by atoms with E-state index in [-0.39, 0.29) is 6.07 Å². The molecule has 0 spiro atoms. The van der Waals surface area contributed by atoms with Crippen molar-refractivity contribution in [2.45, 2.75) is 0 Å². The second-order valence-corrected chi connectivity index (χ2v) is 3.82. The SMILES string of the molecule is O=C(O)c1cc(F)cnc1Nc1c(F)c(F)cc(F)c1F. The van der Waals surface area contributed by atoms with Gasteiger partial charge in [-0.15, -0.1) is 0 Å². The van der Waals surface area contributed by atoms with Gasteiger partial charge in [0.1, 0.15) is 22.9 Å². The van der Waals surface area contributed by atoms with Crippen LogP contribution in [-0.4, -0.2) is 16.1 Å². The highest BCUT2D eigenvalue weighted by molar-refractivity contribution is 5.94. The Kier molecular flexibility index (Phi) is 3.74. The third-order valence-electron chi connectivity index (χ3n) is 2.44. The minimum Gasteiger partial charge on any atom is -0.478 e. The topological polar surface area (TPSA) is 62.2 Å². The number of aromatic carboxylic acids is 1. The number of rotatable bonds is 3. The maximum Gasteiger partial charge on any atom is 0.339 e. The molecule has 110 valence electrons. The summed E-state index contributed by atoms with van der Waals surface area (Å²) in [7, 11) is 0. The van der Waals surface area contributed by atoms with Gasteiger partial charge >= 0.3 is 5.97 Å². The number of pyridine rings is 1. The van der Waals surface area contributed by atoms with Crippen molar-refractivity contribution in [1.82, 2.24) is 4.98 Å². The van der Waals surface area contributed by atoms with Gasteiger partial charge in [-0.1, -0.05) is 0 Å². The lowest BCUT2D eigenvalue weighted by molar-refractivity contribution is 0.0697. The Bertz CT molecular complexity index is 710. The molecule has 1 aromatic heterocycles.